The van der Waals surface area contributed by atoms with Gasteiger partial charge in [0.2, 0.25) is 5.91 Å². The number of rotatable bonds is 3. The quantitative estimate of drug-likeness (QED) is 0.901. The highest BCUT2D eigenvalue weighted by Crippen LogP contribution is 2.49. The molecule has 2 aromatic rings. The number of hydrogen-bond donors (Lipinski definition) is 1. The smallest absolute Gasteiger partial charge is 0.223 e. The van der Waals surface area contributed by atoms with Crippen LogP contribution in [0.15, 0.2) is 24.4 Å². The number of piperidine rings is 2. The highest BCUT2D eigenvalue weighted by atomic mass is 16.2. The third kappa shape index (κ3) is 2.21. The van der Waals surface area contributed by atoms with E-state index in [1.807, 2.05) is 12.1 Å². The zero-order valence-electron chi connectivity index (χ0n) is 14.3. The average Bonchev–Trinajstić information content (AvgIpc) is 2.98. The van der Waals surface area contributed by atoms with Gasteiger partial charge in [0.25, 0.3) is 0 Å². The van der Waals surface area contributed by atoms with E-state index in [-0.39, 0.29) is 5.92 Å². The summed E-state index contributed by atoms with van der Waals surface area (Å²) in [7, 11) is 0. The van der Waals surface area contributed by atoms with Gasteiger partial charge in [0.05, 0.1) is 0 Å². The SMILES string of the molecule is CC(CC(=O)N1C2CC3CC(C2)CC1C3)c1c[nH]c2cc[c]cc12. The molecule has 2 aliphatic heterocycles. The highest BCUT2D eigenvalue weighted by molar-refractivity contribution is 5.85. The number of aromatic amines is 1. The number of nitrogens with zero attached hydrogens (tertiary/aromatic N) is 1. The number of carbonyl (C=O) groups excluding carboxylic acids is 1. The summed E-state index contributed by atoms with van der Waals surface area (Å²) in [6, 6.07) is 10.3. The second kappa shape index (κ2) is 5.37. The van der Waals surface area contributed by atoms with E-state index < -0.39 is 0 Å². The molecule has 2 saturated carbocycles. The Labute approximate surface area is 143 Å². The Hall–Kier alpha value is -1.77. The summed E-state index contributed by atoms with van der Waals surface area (Å²) in [4.78, 5) is 18.7. The van der Waals surface area contributed by atoms with Crippen molar-refractivity contribution in [2.24, 2.45) is 11.8 Å². The molecule has 3 nitrogen and oxygen atoms in total. The van der Waals surface area contributed by atoms with Crippen LogP contribution in [0.2, 0.25) is 0 Å². The van der Waals surface area contributed by atoms with Crippen molar-refractivity contribution < 1.29 is 4.79 Å². The van der Waals surface area contributed by atoms with E-state index in [9.17, 15) is 4.79 Å². The Kier molecular flexibility index (Phi) is 3.26. The summed E-state index contributed by atoms with van der Waals surface area (Å²) in [6.45, 7) is 2.19. The maximum absolute atomic E-state index is 13.1. The molecular formula is C21H25N2O. The lowest BCUT2D eigenvalue weighted by atomic mass is 9.63. The summed E-state index contributed by atoms with van der Waals surface area (Å²) in [6.07, 6.45) is 9.17. The van der Waals surface area contributed by atoms with E-state index in [2.05, 4.69) is 35.1 Å². The van der Waals surface area contributed by atoms with Crippen molar-refractivity contribution in [3.63, 3.8) is 0 Å². The molecule has 2 aliphatic carbocycles. The van der Waals surface area contributed by atoms with E-state index in [1.165, 1.54) is 43.1 Å². The first-order valence-corrected chi connectivity index (χ1v) is 9.47. The fourth-order valence-electron chi connectivity index (χ4n) is 5.85. The van der Waals surface area contributed by atoms with Crippen LogP contribution in [0.3, 0.4) is 0 Å². The van der Waals surface area contributed by atoms with Crippen LogP contribution in [0.1, 0.15) is 56.9 Å². The lowest BCUT2D eigenvalue weighted by molar-refractivity contribution is -0.149. The molecule has 4 fully saturated rings. The third-order valence-electron chi connectivity index (χ3n) is 6.73. The van der Waals surface area contributed by atoms with E-state index in [1.54, 1.807) is 0 Å². The molecular weight excluding hydrogens is 296 g/mol. The lowest BCUT2D eigenvalue weighted by Gasteiger charge is -2.56. The topological polar surface area (TPSA) is 36.1 Å². The maximum atomic E-state index is 13.1. The first-order chi connectivity index (χ1) is 11.7. The Morgan fingerprint density at radius 3 is 2.67 bits per heavy atom. The molecule has 1 aromatic heterocycles. The van der Waals surface area contributed by atoms with Crippen molar-refractivity contribution in [3.8, 4) is 0 Å². The van der Waals surface area contributed by atoms with Gasteiger partial charge >= 0.3 is 0 Å². The molecule has 1 atom stereocenters. The van der Waals surface area contributed by atoms with Gasteiger partial charge in [-0.1, -0.05) is 13.0 Å². The monoisotopic (exact) mass is 321 g/mol. The molecule has 0 spiro atoms. The normalized spacial score (nSPS) is 32.5. The second-order valence-corrected chi connectivity index (χ2v) is 8.34. The number of benzene rings is 1. The van der Waals surface area contributed by atoms with Crippen LogP contribution in [0.5, 0.6) is 0 Å². The molecule has 4 aliphatic rings. The fraction of sp³-hybridized carbons (Fsp3) is 0.571. The van der Waals surface area contributed by atoms with Gasteiger partial charge in [0, 0.05) is 35.6 Å². The van der Waals surface area contributed by atoms with Crippen LogP contribution in [0.4, 0.5) is 0 Å². The van der Waals surface area contributed by atoms with Gasteiger partial charge < -0.3 is 9.88 Å². The van der Waals surface area contributed by atoms with E-state index >= 15 is 0 Å². The average molecular weight is 321 g/mol. The molecule has 24 heavy (non-hydrogen) atoms. The Balaban J connectivity index is 1.35. The molecule has 1 aromatic carbocycles. The second-order valence-electron chi connectivity index (χ2n) is 8.34. The summed E-state index contributed by atoms with van der Waals surface area (Å²) < 4.78 is 0. The van der Waals surface area contributed by atoms with Crippen molar-refractivity contribution in [2.75, 3.05) is 0 Å². The zero-order chi connectivity index (χ0) is 16.3. The van der Waals surface area contributed by atoms with Gasteiger partial charge in [0.15, 0.2) is 0 Å². The molecule has 3 heteroatoms. The van der Waals surface area contributed by atoms with Crippen molar-refractivity contribution in [1.82, 2.24) is 9.88 Å². The number of amides is 1. The Morgan fingerprint density at radius 2 is 1.96 bits per heavy atom. The van der Waals surface area contributed by atoms with Crippen molar-refractivity contribution in [1.29, 1.82) is 0 Å². The minimum atomic E-state index is 0.249. The minimum Gasteiger partial charge on any atom is -0.361 e. The van der Waals surface area contributed by atoms with E-state index in [4.69, 9.17) is 0 Å². The Bertz CT molecular complexity index is 749. The van der Waals surface area contributed by atoms with Gasteiger partial charge in [0.1, 0.15) is 0 Å². The van der Waals surface area contributed by atoms with Gasteiger partial charge in [-0.05, 0) is 73.6 Å². The molecule has 125 valence electrons. The lowest BCUT2D eigenvalue weighted by Crippen LogP contribution is -2.59. The highest BCUT2D eigenvalue weighted by Gasteiger charge is 2.48. The largest absolute Gasteiger partial charge is 0.361 e. The van der Waals surface area contributed by atoms with E-state index in [0.717, 1.165) is 17.4 Å². The predicted octanol–water partition coefficient (Wildman–Crippen LogP) is 4.25. The molecule has 2 saturated heterocycles. The number of H-pyrrole nitrogens is 1. The summed E-state index contributed by atoms with van der Waals surface area (Å²) in [5.41, 5.74) is 2.39. The first-order valence-electron chi connectivity index (χ1n) is 9.47. The first kappa shape index (κ1) is 14.6. The molecule has 1 N–H and O–H groups in total. The number of nitrogens with one attached hydrogen (secondary N) is 1. The van der Waals surface area contributed by atoms with Crippen molar-refractivity contribution in [3.05, 3.63) is 36.0 Å². The number of carbonyl (C=O) groups is 1. The van der Waals surface area contributed by atoms with Crippen LogP contribution in [0.25, 0.3) is 10.9 Å². The molecule has 4 bridgehead atoms. The molecule has 1 unspecified atom stereocenters. The summed E-state index contributed by atoms with van der Waals surface area (Å²) in [5, 5.41) is 1.21. The van der Waals surface area contributed by atoms with Crippen LogP contribution in [0, 0.1) is 17.9 Å². The number of fused-ring (bicyclic) bond motifs is 1. The van der Waals surface area contributed by atoms with Gasteiger partial charge in [-0.15, -0.1) is 0 Å². The molecule has 1 radical (unpaired) electrons. The Morgan fingerprint density at radius 1 is 1.25 bits per heavy atom. The van der Waals surface area contributed by atoms with E-state index in [0.29, 0.717) is 24.4 Å². The maximum Gasteiger partial charge on any atom is 0.223 e. The minimum absolute atomic E-state index is 0.249. The van der Waals surface area contributed by atoms with Crippen molar-refractivity contribution >= 4 is 16.8 Å². The summed E-state index contributed by atoms with van der Waals surface area (Å²) in [5.74, 6) is 2.43. The standard InChI is InChI=1S/C21H25N2O/c1-13(19-12-22-20-5-3-2-4-18(19)20)6-21(24)23-16-8-14-7-15(10-16)11-17(23)9-14/h3-5,12-17,22H,6-11H2,1H3. The van der Waals surface area contributed by atoms with Crippen molar-refractivity contribution in [2.45, 2.75) is 63.5 Å². The van der Waals surface area contributed by atoms with Crippen LogP contribution in [-0.2, 0) is 4.79 Å². The fourth-order valence-corrected chi connectivity index (χ4v) is 5.85. The van der Waals surface area contributed by atoms with Gasteiger partial charge in [-0.25, -0.2) is 0 Å². The van der Waals surface area contributed by atoms with Crippen LogP contribution < -0.4 is 0 Å². The predicted molar refractivity (Wildman–Crippen MR) is 94.7 cm³/mol. The molecule has 3 heterocycles. The van der Waals surface area contributed by atoms with Gasteiger partial charge in [-0.3, -0.25) is 4.79 Å². The molecule has 1 amide bonds. The number of aromatic nitrogens is 1. The van der Waals surface area contributed by atoms with Crippen LogP contribution >= 0.6 is 0 Å². The summed E-state index contributed by atoms with van der Waals surface area (Å²) >= 11 is 0. The zero-order valence-corrected chi connectivity index (χ0v) is 14.3. The number of hydrogen-bond acceptors (Lipinski definition) is 1. The van der Waals surface area contributed by atoms with Crippen LogP contribution in [-0.4, -0.2) is 27.9 Å². The third-order valence-corrected chi connectivity index (χ3v) is 6.73. The molecule has 6 rings (SSSR count). The van der Waals surface area contributed by atoms with Gasteiger partial charge in [-0.2, -0.15) is 0 Å².